The van der Waals surface area contributed by atoms with E-state index in [0.29, 0.717) is 0 Å². The first-order valence-electron chi connectivity index (χ1n) is 2.71. The molecule has 0 aromatic heterocycles. The number of carbonyl (C=O) groups excluding carboxylic acids is 1. The van der Waals surface area contributed by atoms with E-state index in [1.807, 2.05) is 0 Å². The molecular formula is C5H4N2O7. The molecule has 0 aliphatic rings. The van der Waals surface area contributed by atoms with Crippen molar-refractivity contribution in [2.75, 3.05) is 0 Å². The summed E-state index contributed by atoms with van der Waals surface area (Å²) in [4.78, 5) is 37.5. The highest BCUT2D eigenvalue weighted by molar-refractivity contribution is 6.31. The van der Waals surface area contributed by atoms with E-state index in [2.05, 4.69) is 0 Å². The van der Waals surface area contributed by atoms with Gasteiger partial charge in [0.05, 0.1) is 0 Å². The quantitative estimate of drug-likeness (QED) is 0.196. The predicted molar refractivity (Wildman–Crippen MR) is 36.7 cm³/mol. The number of hydrogen-bond donors (Lipinski definition) is 4. The summed E-state index contributed by atoms with van der Waals surface area (Å²) >= 11 is 0. The molecule has 0 unspecified atom stereocenters. The number of carboxylic acid groups (broad SMARTS) is 3. The number of hydrogen-bond acceptors (Lipinski definition) is 5. The average molecular weight is 204 g/mol. The molecule has 0 saturated carbocycles. The normalized spacial score (nSPS) is 7.07. The maximum Gasteiger partial charge on any atom is 0.414 e. The smallest absolute Gasteiger partial charge is 0.414 e. The first-order valence-corrected chi connectivity index (χ1v) is 2.71. The topological polar surface area (TPSA) is 165 Å². The molecule has 14 heavy (non-hydrogen) atoms. The summed E-state index contributed by atoms with van der Waals surface area (Å²) in [6.07, 6.45) is 1.17. The van der Waals surface area contributed by atoms with Crippen LogP contribution in [0, 0.1) is 11.5 Å². The molecule has 4 N–H and O–H groups in total. The molecule has 9 nitrogen and oxygen atoms in total. The number of aliphatic carboxylic acids is 3. The molecule has 0 aromatic rings. The second-order valence-corrected chi connectivity index (χ2v) is 1.48. The predicted octanol–water partition coefficient (Wildman–Crippen LogP) is -2.18. The molecule has 1 amide bonds. The standard InChI is InChI=1S/C3H2N2O3.C2H2O4/c4-1-5-2(6)3(7)8;3-1(4)2(5)6/h(H,5,6)(H,7,8);(H,3,4)(H,5,6). The van der Waals surface area contributed by atoms with Gasteiger partial charge in [0.25, 0.3) is 0 Å². The maximum atomic E-state index is 9.81. The van der Waals surface area contributed by atoms with Crippen molar-refractivity contribution in [3.05, 3.63) is 0 Å². The van der Waals surface area contributed by atoms with Gasteiger partial charge in [-0.1, -0.05) is 0 Å². The van der Waals surface area contributed by atoms with Crippen molar-refractivity contribution in [3.8, 4) is 6.19 Å². The number of nitrogens with one attached hydrogen (secondary N) is 1. The van der Waals surface area contributed by atoms with Crippen molar-refractivity contribution in [1.82, 2.24) is 5.32 Å². The second kappa shape index (κ2) is 7.04. The van der Waals surface area contributed by atoms with Crippen LogP contribution in [0.5, 0.6) is 0 Å². The van der Waals surface area contributed by atoms with Gasteiger partial charge in [-0.15, -0.1) is 0 Å². The lowest BCUT2D eigenvalue weighted by Gasteiger charge is -1.82. The lowest BCUT2D eigenvalue weighted by Crippen LogP contribution is -2.26. The molecule has 76 valence electrons. The van der Waals surface area contributed by atoms with Gasteiger partial charge in [-0.25, -0.2) is 14.4 Å². The molecular weight excluding hydrogens is 200 g/mol. The van der Waals surface area contributed by atoms with Crippen molar-refractivity contribution in [1.29, 1.82) is 5.26 Å². The number of carbonyl (C=O) groups is 4. The fourth-order valence-corrected chi connectivity index (χ4v) is 0.104. The van der Waals surface area contributed by atoms with E-state index in [0.717, 1.165) is 0 Å². The van der Waals surface area contributed by atoms with Crippen LogP contribution < -0.4 is 5.32 Å². The zero-order valence-corrected chi connectivity index (χ0v) is 6.42. The summed E-state index contributed by atoms with van der Waals surface area (Å²) in [6, 6.07) is 0. The van der Waals surface area contributed by atoms with Gasteiger partial charge in [0, 0.05) is 0 Å². The Hall–Kier alpha value is -2.63. The Bertz CT molecular complexity index is 290. The summed E-state index contributed by atoms with van der Waals surface area (Å²) in [5.74, 6) is -6.62. The number of nitrogens with zero attached hydrogens (tertiary/aromatic N) is 1. The van der Waals surface area contributed by atoms with Crippen molar-refractivity contribution in [2.24, 2.45) is 0 Å². The van der Waals surface area contributed by atoms with Crippen LogP contribution in [0.15, 0.2) is 0 Å². The Kier molecular flexibility index (Phi) is 7.01. The zero-order valence-electron chi connectivity index (χ0n) is 6.42. The molecule has 0 aliphatic carbocycles. The van der Waals surface area contributed by atoms with Gasteiger partial charge in [0.1, 0.15) is 0 Å². The largest absolute Gasteiger partial charge is 0.474 e. The first kappa shape index (κ1) is 13.9. The monoisotopic (exact) mass is 204 g/mol. The molecule has 9 heteroatoms. The van der Waals surface area contributed by atoms with E-state index in [1.165, 1.54) is 11.5 Å². The minimum Gasteiger partial charge on any atom is -0.474 e. The fraction of sp³-hybridized carbons (Fsp3) is 0. The van der Waals surface area contributed by atoms with E-state index < -0.39 is 23.8 Å². The molecule has 0 fully saturated rings. The van der Waals surface area contributed by atoms with E-state index in [4.69, 9.17) is 30.2 Å². The van der Waals surface area contributed by atoms with Gasteiger partial charge in [-0.05, 0) is 0 Å². The zero-order chi connectivity index (χ0) is 11.7. The van der Waals surface area contributed by atoms with Crippen molar-refractivity contribution in [3.63, 3.8) is 0 Å². The van der Waals surface area contributed by atoms with Crippen molar-refractivity contribution < 1.29 is 34.5 Å². The summed E-state index contributed by atoms with van der Waals surface area (Å²) < 4.78 is 0. The summed E-state index contributed by atoms with van der Waals surface area (Å²) in [5.41, 5.74) is 0. The van der Waals surface area contributed by atoms with Crippen molar-refractivity contribution >= 4 is 23.8 Å². The minimum atomic E-state index is -1.82. The lowest BCUT2D eigenvalue weighted by molar-refractivity contribution is -0.159. The van der Waals surface area contributed by atoms with Gasteiger partial charge in [0.2, 0.25) is 0 Å². The highest BCUT2D eigenvalue weighted by Gasteiger charge is 2.07. The average Bonchev–Trinajstić information content (AvgIpc) is 2.05. The van der Waals surface area contributed by atoms with Crippen LogP contribution in [0.4, 0.5) is 0 Å². The van der Waals surface area contributed by atoms with Gasteiger partial charge in [-0.3, -0.25) is 10.1 Å². The highest BCUT2D eigenvalue weighted by atomic mass is 16.4. The first-order chi connectivity index (χ1) is 6.32. The Morgan fingerprint density at radius 2 is 1.29 bits per heavy atom. The minimum absolute atomic E-state index is 1.17. The van der Waals surface area contributed by atoms with Crippen LogP contribution in [0.1, 0.15) is 0 Å². The van der Waals surface area contributed by atoms with Crippen LogP contribution in [0.3, 0.4) is 0 Å². The van der Waals surface area contributed by atoms with Gasteiger partial charge < -0.3 is 15.3 Å². The molecule has 0 rings (SSSR count). The number of rotatable bonds is 0. The molecule has 0 spiro atoms. The third-order valence-corrected chi connectivity index (χ3v) is 0.547. The molecule has 0 radical (unpaired) electrons. The molecule has 0 saturated heterocycles. The summed E-state index contributed by atoms with van der Waals surface area (Å²) in [7, 11) is 0. The molecule has 0 heterocycles. The molecule has 0 atom stereocenters. The maximum absolute atomic E-state index is 9.81. The highest BCUT2D eigenvalue weighted by Crippen LogP contribution is 1.60. The van der Waals surface area contributed by atoms with Gasteiger partial charge in [0.15, 0.2) is 6.19 Å². The van der Waals surface area contributed by atoms with E-state index in [-0.39, 0.29) is 0 Å². The van der Waals surface area contributed by atoms with E-state index >= 15 is 0 Å². The second-order valence-electron chi connectivity index (χ2n) is 1.48. The van der Waals surface area contributed by atoms with Gasteiger partial charge in [-0.2, -0.15) is 5.26 Å². The third kappa shape index (κ3) is 9.37. The molecule has 0 aromatic carbocycles. The third-order valence-electron chi connectivity index (χ3n) is 0.547. The van der Waals surface area contributed by atoms with Crippen LogP contribution in [-0.2, 0) is 19.2 Å². The Labute approximate surface area is 76.2 Å². The van der Waals surface area contributed by atoms with Crippen LogP contribution >= 0.6 is 0 Å². The number of carboxylic acids is 3. The number of amides is 1. The SMILES string of the molecule is N#CNC(=O)C(=O)O.O=C(O)C(=O)O. The molecule has 0 aliphatic heterocycles. The number of nitriles is 1. The van der Waals surface area contributed by atoms with Crippen LogP contribution in [0.25, 0.3) is 0 Å². The summed E-state index contributed by atoms with van der Waals surface area (Å²) in [5, 5.41) is 31.6. The van der Waals surface area contributed by atoms with Crippen LogP contribution in [0.2, 0.25) is 0 Å². The fourth-order valence-electron chi connectivity index (χ4n) is 0.104. The van der Waals surface area contributed by atoms with E-state index in [1.54, 1.807) is 0 Å². The van der Waals surface area contributed by atoms with Crippen molar-refractivity contribution in [2.45, 2.75) is 0 Å². The van der Waals surface area contributed by atoms with Gasteiger partial charge >= 0.3 is 23.8 Å². The lowest BCUT2D eigenvalue weighted by atomic mass is 10.6. The van der Waals surface area contributed by atoms with E-state index in [9.17, 15) is 9.59 Å². The van der Waals surface area contributed by atoms with Crippen LogP contribution in [-0.4, -0.2) is 39.1 Å². The Balaban J connectivity index is 0. The Morgan fingerprint density at radius 1 is 0.929 bits per heavy atom. The summed E-state index contributed by atoms with van der Waals surface area (Å²) in [6.45, 7) is 0. The molecule has 0 bridgehead atoms. The Morgan fingerprint density at radius 3 is 1.36 bits per heavy atom.